The van der Waals surface area contributed by atoms with Crippen LogP contribution in [0.1, 0.15) is 76.6 Å². The summed E-state index contributed by atoms with van der Waals surface area (Å²) >= 11 is 1.83. The number of aryl methyl sites for hydroxylation is 2. The first kappa shape index (κ1) is 27.6. The van der Waals surface area contributed by atoms with Crippen LogP contribution < -0.4 is 0 Å². The van der Waals surface area contributed by atoms with Gasteiger partial charge in [0.15, 0.2) is 0 Å². The summed E-state index contributed by atoms with van der Waals surface area (Å²) in [4.78, 5) is 34.9. The van der Waals surface area contributed by atoms with Crippen LogP contribution in [0, 0.1) is 6.92 Å². The summed E-state index contributed by atoms with van der Waals surface area (Å²) in [6.45, 7) is 9.82. The van der Waals surface area contributed by atoms with Crippen molar-refractivity contribution in [1.82, 2.24) is 14.7 Å². The van der Waals surface area contributed by atoms with E-state index < -0.39 is 0 Å². The van der Waals surface area contributed by atoms with Crippen LogP contribution in [0.4, 0.5) is 0 Å². The molecule has 0 bridgehead atoms. The van der Waals surface area contributed by atoms with Crippen LogP contribution in [0.15, 0.2) is 60.0 Å². The number of rotatable bonds is 7. The highest BCUT2D eigenvalue weighted by atomic mass is 32.1. The number of nitrogens with zero attached hydrogens (tertiary/aromatic N) is 3. The summed E-state index contributed by atoms with van der Waals surface area (Å²) < 4.78 is 0. The summed E-state index contributed by atoms with van der Waals surface area (Å²) in [5.41, 5.74) is 5.91. The minimum Gasteiger partial charge on any atom is -0.340 e. The van der Waals surface area contributed by atoms with E-state index in [-0.39, 0.29) is 23.9 Å². The zero-order valence-corrected chi connectivity index (χ0v) is 24.4. The van der Waals surface area contributed by atoms with Crippen LogP contribution >= 0.6 is 11.3 Å². The first-order valence-electron chi connectivity index (χ1n) is 14.5. The SMILES string of the molecule is CCCCc1ccc(C(=O)N2CCCN(C(=O)[C@H](C)N3CCc4sccc4[C@@H]3c3ccccc3C)CC2)cc1. The van der Waals surface area contributed by atoms with Gasteiger partial charge in [0.2, 0.25) is 5.91 Å². The van der Waals surface area contributed by atoms with Gasteiger partial charge in [0, 0.05) is 43.2 Å². The molecule has 1 aromatic heterocycles. The fourth-order valence-electron chi connectivity index (χ4n) is 6.12. The Morgan fingerprint density at radius 3 is 2.44 bits per heavy atom. The van der Waals surface area contributed by atoms with Crippen molar-refractivity contribution in [3.63, 3.8) is 0 Å². The van der Waals surface area contributed by atoms with E-state index in [1.807, 2.05) is 33.3 Å². The van der Waals surface area contributed by atoms with Gasteiger partial charge in [0.05, 0.1) is 12.1 Å². The number of thiophene rings is 1. The Morgan fingerprint density at radius 1 is 0.923 bits per heavy atom. The summed E-state index contributed by atoms with van der Waals surface area (Å²) in [5, 5.41) is 2.19. The monoisotopic (exact) mass is 543 g/mol. The van der Waals surface area contributed by atoms with Crippen molar-refractivity contribution in [2.75, 3.05) is 32.7 Å². The lowest BCUT2D eigenvalue weighted by Crippen LogP contribution is -2.51. The molecule has 1 saturated heterocycles. The molecule has 206 valence electrons. The number of fused-ring (bicyclic) bond motifs is 1. The molecule has 5 nitrogen and oxygen atoms in total. The zero-order valence-electron chi connectivity index (χ0n) is 23.6. The van der Waals surface area contributed by atoms with E-state index in [4.69, 9.17) is 0 Å². The summed E-state index contributed by atoms with van der Waals surface area (Å²) in [6.07, 6.45) is 5.17. The summed E-state index contributed by atoms with van der Waals surface area (Å²) in [7, 11) is 0. The third-order valence-corrected chi connectivity index (χ3v) is 9.45. The lowest BCUT2D eigenvalue weighted by atomic mass is 9.89. The second-order valence-corrected chi connectivity index (χ2v) is 12.0. The molecule has 0 saturated carbocycles. The molecule has 1 fully saturated rings. The molecule has 2 aromatic carbocycles. The van der Waals surface area contributed by atoms with Crippen LogP contribution in [0.25, 0.3) is 0 Å². The number of carbonyl (C=O) groups excluding carboxylic acids is 2. The molecule has 2 aliphatic rings. The minimum atomic E-state index is -0.236. The van der Waals surface area contributed by atoms with E-state index in [0.717, 1.165) is 31.4 Å². The molecular formula is C33H41N3O2S. The molecule has 0 spiro atoms. The number of hydrogen-bond donors (Lipinski definition) is 0. The van der Waals surface area contributed by atoms with Crippen molar-refractivity contribution >= 4 is 23.2 Å². The van der Waals surface area contributed by atoms with Gasteiger partial charge in [0.1, 0.15) is 0 Å². The van der Waals surface area contributed by atoms with Crippen molar-refractivity contribution in [2.45, 2.75) is 65.0 Å². The maximum absolute atomic E-state index is 13.9. The first-order chi connectivity index (χ1) is 19.0. The van der Waals surface area contributed by atoms with Gasteiger partial charge in [-0.05, 0) is 85.4 Å². The standard InChI is InChI=1S/C33H41N3O2S/c1-4-5-10-26-12-14-27(15-13-26)33(38)35-19-8-18-34(21-22-35)32(37)25(3)36-20-16-30-29(17-23-39-30)31(36)28-11-7-6-9-24(28)2/h6-7,9,11-15,17,23,25,31H,4-5,8,10,16,18-22H2,1-3H3/t25-,31-/m0/s1. The fraction of sp³-hybridized carbons (Fsp3) is 0.455. The minimum absolute atomic E-state index is 0.0695. The van der Waals surface area contributed by atoms with E-state index in [1.54, 1.807) is 0 Å². The van der Waals surface area contributed by atoms with Gasteiger partial charge in [-0.3, -0.25) is 14.5 Å². The lowest BCUT2D eigenvalue weighted by Gasteiger charge is -2.41. The molecule has 0 radical (unpaired) electrons. The van der Waals surface area contributed by atoms with E-state index in [1.165, 1.54) is 40.0 Å². The fourth-order valence-corrected chi connectivity index (χ4v) is 7.02. The molecule has 39 heavy (non-hydrogen) atoms. The van der Waals surface area contributed by atoms with Crippen molar-refractivity contribution in [1.29, 1.82) is 0 Å². The van der Waals surface area contributed by atoms with Crippen LogP contribution in [-0.4, -0.2) is 65.3 Å². The third kappa shape index (κ3) is 5.97. The highest BCUT2D eigenvalue weighted by molar-refractivity contribution is 7.10. The lowest BCUT2D eigenvalue weighted by molar-refractivity contribution is -0.137. The van der Waals surface area contributed by atoms with Gasteiger partial charge in [-0.2, -0.15) is 0 Å². The average molecular weight is 544 g/mol. The average Bonchev–Trinajstić information content (AvgIpc) is 3.31. The molecule has 0 aliphatic carbocycles. The number of carbonyl (C=O) groups is 2. The quantitative estimate of drug-likeness (QED) is 0.361. The van der Waals surface area contributed by atoms with Crippen LogP contribution in [0.3, 0.4) is 0 Å². The van der Waals surface area contributed by atoms with Crippen LogP contribution in [0.5, 0.6) is 0 Å². The van der Waals surface area contributed by atoms with Crippen LogP contribution in [0.2, 0.25) is 0 Å². The Kier molecular flexibility index (Phi) is 8.83. The van der Waals surface area contributed by atoms with E-state index >= 15 is 0 Å². The predicted molar refractivity (Wildman–Crippen MR) is 159 cm³/mol. The van der Waals surface area contributed by atoms with E-state index in [9.17, 15) is 9.59 Å². The van der Waals surface area contributed by atoms with Crippen molar-refractivity contribution in [3.05, 3.63) is 92.7 Å². The van der Waals surface area contributed by atoms with Gasteiger partial charge in [0.25, 0.3) is 5.91 Å². The van der Waals surface area contributed by atoms with Gasteiger partial charge in [-0.25, -0.2) is 0 Å². The second kappa shape index (κ2) is 12.5. The maximum atomic E-state index is 13.9. The predicted octanol–water partition coefficient (Wildman–Crippen LogP) is 6.11. The molecule has 3 aromatic rings. The van der Waals surface area contributed by atoms with Gasteiger partial charge >= 0.3 is 0 Å². The molecular weight excluding hydrogens is 502 g/mol. The van der Waals surface area contributed by atoms with Crippen molar-refractivity contribution in [3.8, 4) is 0 Å². The number of unbranched alkanes of at least 4 members (excludes halogenated alkanes) is 1. The molecule has 0 N–H and O–H groups in total. The van der Waals surface area contributed by atoms with Gasteiger partial charge in [-0.1, -0.05) is 49.7 Å². The van der Waals surface area contributed by atoms with Gasteiger partial charge < -0.3 is 9.80 Å². The third-order valence-electron chi connectivity index (χ3n) is 8.46. The Morgan fingerprint density at radius 2 is 1.67 bits per heavy atom. The smallest absolute Gasteiger partial charge is 0.253 e. The Bertz CT molecular complexity index is 1280. The molecule has 2 amide bonds. The summed E-state index contributed by atoms with van der Waals surface area (Å²) in [6, 6.07) is 18.8. The summed E-state index contributed by atoms with van der Waals surface area (Å²) in [5.74, 6) is 0.238. The normalized spacial score (nSPS) is 18.9. The highest BCUT2D eigenvalue weighted by Crippen LogP contribution is 2.40. The first-order valence-corrected chi connectivity index (χ1v) is 15.4. The molecule has 2 aliphatic heterocycles. The Labute approximate surface area is 237 Å². The molecule has 3 heterocycles. The Balaban J connectivity index is 1.27. The van der Waals surface area contributed by atoms with E-state index in [0.29, 0.717) is 26.2 Å². The number of benzene rings is 2. The zero-order chi connectivity index (χ0) is 27.4. The molecule has 0 unspecified atom stereocenters. The van der Waals surface area contributed by atoms with Crippen molar-refractivity contribution < 1.29 is 9.59 Å². The maximum Gasteiger partial charge on any atom is 0.253 e. The molecule has 6 heteroatoms. The highest BCUT2D eigenvalue weighted by Gasteiger charge is 2.37. The topological polar surface area (TPSA) is 43.9 Å². The van der Waals surface area contributed by atoms with E-state index in [2.05, 4.69) is 73.5 Å². The largest absolute Gasteiger partial charge is 0.340 e. The number of hydrogen-bond acceptors (Lipinski definition) is 4. The van der Waals surface area contributed by atoms with Crippen LogP contribution in [-0.2, 0) is 17.6 Å². The molecule has 5 rings (SSSR count). The van der Waals surface area contributed by atoms with Crippen molar-refractivity contribution in [2.24, 2.45) is 0 Å². The molecule has 2 atom stereocenters. The number of amides is 2. The Hall–Kier alpha value is -2.96. The van der Waals surface area contributed by atoms with Gasteiger partial charge in [-0.15, -0.1) is 11.3 Å². The second-order valence-electron chi connectivity index (χ2n) is 11.0.